The van der Waals surface area contributed by atoms with Gasteiger partial charge in [-0.05, 0) is 54.7 Å². The average Bonchev–Trinajstić information content (AvgIpc) is 2.84. The normalized spacial score (nSPS) is 12.6. The van der Waals surface area contributed by atoms with E-state index in [0.29, 0.717) is 31.4 Å². The van der Waals surface area contributed by atoms with Gasteiger partial charge in [-0.2, -0.15) is 12.6 Å². The third kappa shape index (κ3) is 14.6. The number of hydrogen-bond acceptors (Lipinski definition) is 6. The first-order valence-electron chi connectivity index (χ1n) is 12.3. The first-order valence-corrected chi connectivity index (χ1v) is 13.4. The summed E-state index contributed by atoms with van der Waals surface area (Å²) in [6.07, 6.45) is 5.40. The number of carbonyl (C=O) groups is 3. The van der Waals surface area contributed by atoms with E-state index in [0.717, 1.165) is 29.7 Å². The molecule has 5 nitrogen and oxygen atoms in total. The molecule has 2 N–H and O–H groups in total. The fourth-order valence-corrected chi connectivity index (χ4v) is 3.61. The van der Waals surface area contributed by atoms with Gasteiger partial charge in [0.15, 0.2) is 0 Å². The molecule has 0 radical (unpaired) electrons. The van der Waals surface area contributed by atoms with Crippen LogP contribution < -0.4 is 10.6 Å². The van der Waals surface area contributed by atoms with Crippen molar-refractivity contribution in [3.8, 4) is 0 Å². The molecule has 2 atom stereocenters. The maximum atomic E-state index is 12.4. The number of amides is 1. The number of carbonyl (C=O) groups excluding carboxylic acids is 3. The molecule has 194 valence electrons. The zero-order chi connectivity index (χ0) is 26.5. The Hall–Kier alpha value is -1.57. The Morgan fingerprint density at radius 3 is 2.18 bits per heavy atom. The van der Waals surface area contributed by atoms with Crippen LogP contribution in [0.5, 0.6) is 0 Å². The summed E-state index contributed by atoms with van der Waals surface area (Å²) >= 11 is 8.84. The van der Waals surface area contributed by atoms with Crippen molar-refractivity contribution in [2.24, 2.45) is 0 Å². The van der Waals surface area contributed by atoms with E-state index in [9.17, 15) is 14.4 Å². The molecule has 1 rings (SSSR count). The first-order chi connectivity index (χ1) is 16.2. The van der Waals surface area contributed by atoms with Crippen LogP contribution in [-0.2, 0) is 20.8 Å². The van der Waals surface area contributed by atoms with Gasteiger partial charge in [0, 0.05) is 18.7 Å². The highest BCUT2D eigenvalue weighted by Gasteiger charge is 2.20. The van der Waals surface area contributed by atoms with E-state index in [2.05, 4.69) is 67.1 Å². The maximum absolute atomic E-state index is 12.4. The number of aldehydes is 1. The van der Waals surface area contributed by atoms with Crippen molar-refractivity contribution >= 4 is 48.8 Å². The van der Waals surface area contributed by atoms with Gasteiger partial charge in [0.1, 0.15) is 12.1 Å². The topological polar surface area (TPSA) is 75.3 Å². The van der Waals surface area contributed by atoms with Gasteiger partial charge in [-0.1, -0.05) is 65.3 Å². The summed E-state index contributed by atoms with van der Waals surface area (Å²) < 4.78 is 0. The minimum absolute atomic E-state index is 0.0883. The van der Waals surface area contributed by atoms with E-state index in [-0.39, 0.29) is 23.8 Å². The lowest BCUT2D eigenvalue weighted by atomic mass is 9.90. The number of rotatable bonds is 13. The number of benzene rings is 1. The fourth-order valence-electron chi connectivity index (χ4n) is 3.18. The van der Waals surface area contributed by atoms with Gasteiger partial charge in [-0.25, -0.2) is 0 Å². The van der Waals surface area contributed by atoms with E-state index in [4.69, 9.17) is 0 Å². The lowest BCUT2D eigenvalue weighted by Gasteiger charge is -2.21. The minimum Gasteiger partial charge on any atom is -0.347 e. The molecule has 1 amide bonds. The number of thiol groups is 2. The van der Waals surface area contributed by atoms with Gasteiger partial charge in [0.25, 0.3) is 0 Å². The molecule has 2 unspecified atom stereocenters. The molecule has 0 aliphatic rings. The number of aryl methyl sites for hydroxylation is 1. The van der Waals surface area contributed by atoms with Crippen molar-refractivity contribution in [2.45, 2.75) is 99.1 Å². The molecule has 0 heterocycles. The van der Waals surface area contributed by atoms with Crippen LogP contribution in [0.3, 0.4) is 0 Å². The third-order valence-electron chi connectivity index (χ3n) is 4.84. The molecular formula is C27H46N2O3S2. The Morgan fingerprint density at radius 1 is 1.09 bits per heavy atom. The zero-order valence-corrected chi connectivity index (χ0v) is 23.9. The molecule has 0 aromatic heterocycles. The van der Waals surface area contributed by atoms with Crippen molar-refractivity contribution in [2.75, 3.05) is 5.88 Å². The number of ketones is 1. The van der Waals surface area contributed by atoms with Gasteiger partial charge in [-0.15, -0.1) is 12.6 Å². The van der Waals surface area contributed by atoms with Gasteiger partial charge in [-0.3, -0.25) is 14.9 Å². The highest BCUT2D eigenvalue weighted by atomic mass is 32.1. The molecule has 34 heavy (non-hydrogen) atoms. The molecule has 1 aromatic rings. The fraction of sp³-hybridized carbons (Fsp3) is 0.593. The van der Waals surface area contributed by atoms with E-state index in [1.807, 2.05) is 27.7 Å². The number of hydrogen-bond donors (Lipinski definition) is 4. The van der Waals surface area contributed by atoms with Crippen LogP contribution >= 0.6 is 25.3 Å². The second-order valence-corrected chi connectivity index (χ2v) is 8.64. The third-order valence-corrected chi connectivity index (χ3v) is 5.30. The van der Waals surface area contributed by atoms with Crippen LogP contribution in [0, 0.1) is 0 Å². The predicted molar refractivity (Wildman–Crippen MR) is 153 cm³/mol. The van der Waals surface area contributed by atoms with Crippen molar-refractivity contribution in [3.05, 3.63) is 40.3 Å². The monoisotopic (exact) mass is 510 g/mol. The Kier molecular flexibility index (Phi) is 22.3. The second-order valence-electron chi connectivity index (χ2n) is 7.65. The molecule has 0 aliphatic carbocycles. The standard InChI is InChI=1S/C19H29NOS2.C6H11NO2.C2H6/c1-4-8-15-10-6-7-11-16(15)17(14(3)23)12-18(20-13-22)19(21)9-5-2;1-3-6(9)7-5(2)4-8;1-2/h6-7,10-11,18,20,22-23H,4-5,8-9,12-13H2,1-3H3;4-5H,3H2,1-2H3,(H,7,9);1-2H3/b17-14+;;. The van der Waals surface area contributed by atoms with Gasteiger partial charge in [0.05, 0.1) is 12.1 Å². The van der Waals surface area contributed by atoms with Crippen molar-refractivity contribution in [1.29, 1.82) is 0 Å². The molecule has 0 spiro atoms. The van der Waals surface area contributed by atoms with Crippen LogP contribution in [0.15, 0.2) is 29.2 Å². The molecule has 0 saturated heterocycles. The summed E-state index contributed by atoms with van der Waals surface area (Å²) in [5.41, 5.74) is 3.70. The summed E-state index contributed by atoms with van der Waals surface area (Å²) in [4.78, 5) is 33.8. The summed E-state index contributed by atoms with van der Waals surface area (Å²) in [5, 5.41) is 5.69. The van der Waals surface area contributed by atoms with Gasteiger partial charge < -0.3 is 10.1 Å². The van der Waals surface area contributed by atoms with Crippen molar-refractivity contribution in [3.63, 3.8) is 0 Å². The lowest BCUT2D eigenvalue weighted by Crippen LogP contribution is -2.36. The largest absolute Gasteiger partial charge is 0.347 e. The average molecular weight is 511 g/mol. The molecule has 0 fully saturated rings. The summed E-state index contributed by atoms with van der Waals surface area (Å²) in [6.45, 7) is 13.6. The minimum atomic E-state index is -0.350. The number of allylic oxidation sites excluding steroid dienone is 1. The second kappa shape index (κ2) is 21.9. The summed E-state index contributed by atoms with van der Waals surface area (Å²) in [7, 11) is 0. The SMILES string of the molecule is CC.CCC(=O)NC(C)C=O.CCCC(=O)C(C/C(=C(/C)S)c1ccccc1CCC)NCS. The number of nitrogens with one attached hydrogen (secondary N) is 2. The maximum Gasteiger partial charge on any atom is 0.220 e. The quantitative estimate of drug-likeness (QED) is 0.148. The first kappa shape index (κ1) is 34.6. The molecule has 0 aliphatic heterocycles. The van der Waals surface area contributed by atoms with E-state index >= 15 is 0 Å². The van der Waals surface area contributed by atoms with Gasteiger partial charge in [0.2, 0.25) is 5.91 Å². The van der Waals surface area contributed by atoms with E-state index < -0.39 is 0 Å². The van der Waals surface area contributed by atoms with Gasteiger partial charge >= 0.3 is 0 Å². The number of Topliss-reactive ketones (excluding diaryl/α,β-unsaturated/α-hetero) is 1. The van der Waals surface area contributed by atoms with E-state index in [1.54, 1.807) is 13.8 Å². The van der Waals surface area contributed by atoms with Crippen molar-refractivity contribution in [1.82, 2.24) is 10.6 Å². The Morgan fingerprint density at radius 2 is 1.71 bits per heavy atom. The Balaban J connectivity index is 0. The van der Waals surface area contributed by atoms with Crippen molar-refractivity contribution < 1.29 is 14.4 Å². The highest BCUT2D eigenvalue weighted by molar-refractivity contribution is 7.84. The Bertz CT molecular complexity index is 747. The Labute approximate surface area is 218 Å². The smallest absolute Gasteiger partial charge is 0.220 e. The zero-order valence-electron chi connectivity index (χ0n) is 22.1. The molecular weight excluding hydrogens is 464 g/mol. The molecule has 0 saturated carbocycles. The predicted octanol–water partition coefficient (Wildman–Crippen LogP) is 6.03. The highest BCUT2D eigenvalue weighted by Crippen LogP contribution is 2.29. The van der Waals surface area contributed by atoms with Crippen LogP contribution in [0.25, 0.3) is 5.57 Å². The molecule has 0 bridgehead atoms. The van der Waals surface area contributed by atoms with E-state index in [1.165, 1.54) is 11.1 Å². The van der Waals surface area contributed by atoms with Crippen LogP contribution in [-0.4, -0.2) is 35.9 Å². The van der Waals surface area contributed by atoms with Crippen LogP contribution in [0.1, 0.15) is 91.7 Å². The molecule has 1 aromatic carbocycles. The summed E-state index contributed by atoms with van der Waals surface area (Å²) in [5.74, 6) is 0.659. The summed E-state index contributed by atoms with van der Waals surface area (Å²) in [6, 6.07) is 7.90. The van der Waals surface area contributed by atoms with Crippen LogP contribution in [0.4, 0.5) is 0 Å². The molecule has 7 heteroatoms. The van der Waals surface area contributed by atoms with Crippen LogP contribution in [0.2, 0.25) is 0 Å². The lowest BCUT2D eigenvalue weighted by molar-refractivity contribution is -0.123.